The lowest BCUT2D eigenvalue weighted by Crippen LogP contribution is -1.97. The number of nitrogens with two attached hydrogens (primary N) is 3. The normalized spacial score (nSPS) is 9.23. The Morgan fingerprint density at radius 1 is 0.615 bits per heavy atom. The maximum atomic E-state index is 9.07. The monoisotopic (exact) mass is 207 g/mol. The average molecular weight is 208 g/mol. The molecule has 1 rings (SSSR count). The molecule has 1 aromatic carbocycles. The van der Waals surface area contributed by atoms with Crippen LogP contribution < -0.4 is 17.2 Å². The van der Waals surface area contributed by atoms with Crippen molar-refractivity contribution in [3.63, 3.8) is 0 Å². The van der Waals surface area contributed by atoms with E-state index >= 15 is 0 Å². The Morgan fingerprint density at radius 2 is 0.769 bits per heavy atom. The molecule has 0 amide bonds. The highest BCUT2D eigenvalue weighted by atomic mass is 35.5. The van der Waals surface area contributed by atoms with Crippen LogP contribution in [0, 0.1) is 0 Å². The molecule has 0 aliphatic heterocycles. The minimum Gasteiger partial charge on any atom is -0.504 e. The third kappa shape index (κ3) is 1.43. The van der Waals surface area contributed by atoms with E-state index in [-0.39, 0.29) is 29.5 Å². The number of phenols is 3. The second kappa shape index (κ2) is 3.36. The van der Waals surface area contributed by atoms with Crippen LogP contribution in [-0.2, 0) is 0 Å². The molecule has 0 fully saturated rings. The van der Waals surface area contributed by atoms with Crippen molar-refractivity contribution in [2.45, 2.75) is 0 Å². The third-order valence-electron chi connectivity index (χ3n) is 1.53. The zero-order valence-corrected chi connectivity index (χ0v) is 7.30. The molecule has 74 valence electrons. The Bertz CT molecular complexity index is 237. The molecule has 0 heterocycles. The Labute approximate surface area is 80.0 Å². The highest BCUT2D eigenvalue weighted by Gasteiger charge is 2.17. The predicted molar refractivity (Wildman–Crippen MR) is 51.9 cm³/mol. The molecule has 0 aromatic heterocycles. The largest absolute Gasteiger partial charge is 0.504 e. The summed E-state index contributed by atoms with van der Waals surface area (Å²) in [5, 5.41) is 27.2. The molecule has 0 aliphatic rings. The number of anilines is 3. The van der Waals surface area contributed by atoms with Gasteiger partial charge in [-0.15, -0.1) is 12.4 Å². The molecule has 1 aromatic rings. The second-order valence-electron chi connectivity index (χ2n) is 2.29. The summed E-state index contributed by atoms with van der Waals surface area (Å²) in [4.78, 5) is 0. The fourth-order valence-electron chi connectivity index (χ4n) is 0.772. The van der Waals surface area contributed by atoms with Crippen molar-refractivity contribution in [3.8, 4) is 17.2 Å². The van der Waals surface area contributed by atoms with Crippen LogP contribution in [0.1, 0.15) is 0 Å². The summed E-state index contributed by atoms with van der Waals surface area (Å²) in [7, 11) is 0. The summed E-state index contributed by atoms with van der Waals surface area (Å²) >= 11 is 0. The third-order valence-corrected chi connectivity index (χ3v) is 1.53. The maximum absolute atomic E-state index is 9.07. The van der Waals surface area contributed by atoms with Gasteiger partial charge in [0, 0.05) is 0 Å². The van der Waals surface area contributed by atoms with Crippen LogP contribution >= 0.6 is 12.4 Å². The molecular formula is C6H10ClN3O3. The summed E-state index contributed by atoms with van der Waals surface area (Å²) in [5.74, 6) is -1.71. The van der Waals surface area contributed by atoms with Crippen LogP contribution in [-0.4, -0.2) is 15.3 Å². The number of hydrogen-bond acceptors (Lipinski definition) is 6. The Balaban J connectivity index is 0.00000144. The number of aromatic hydroxyl groups is 3. The van der Waals surface area contributed by atoms with E-state index < -0.39 is 17.2 Å². The summed E-state index contributed by atoms with van der Waals surface area (Å²) in [6.45, 7) is 0. The molecule has 0 radical (unpaired) electrons. The van der Waals surface area contributed by atoms with Crippen molar-refractivity contribution in [1.29, 1.82) is 0 Å². The molecule has 0 aliphatic carbocycles. The lowest BCUT2D eigenvalue weighted by atomic mass is 10.2. The standard InChI is InChI=1S/C6H9N3O3.ClH/c7-1-4(10)2(8)6(12)3(9)5(1)11;/h10-12H,7-9H2;1H. The molecule has 0 spiro atoms. The molecule has 6 nitrogen and oxygen atoms in total. The molecular weight excluding hydrogens is 198 g/mol. The first-order chi connectivity index (χ1) is 5.46. The van der Waals surface area contributed by atoms with E-state index in [1.54, 1.807) is 0 Å². The van der Waals surface area contributed by atoms with Crippen molar-refractivity contribution in [3.05, 3.63) is 0 Å². The van der Waals surface area contributed by atoms with Crippen LogP contribution in [0.15, 0.2) is 0 Å². The van der Waals surface area contributed by atoms with Gasteiger partial charge in [-0.3, -0.25) is 0 Å². The highest BCUT2D eigenvalue weighted by Crippen LogP contribution is 2.47. The van der Waals surface area contributed by atoms with Gasteiger partial charge in [0.1, 0.15) is 17.1 Å². The van der Waals surface area contributed by atoms with E-state index in [4.69, 9.17) is 32.5 Å². The van der Waals surface area contributed by atoms with Gasteiger partial charge < -0.3 is 32.5 Å². The number of halogens is 1. The van der Waals surface area contributed by atoms with Crippen LogP contribution in [0.5, 0.6) is 17.2 Å². The van der Waals surface area contributed by atoms with E-state index in [9.17, 15) is 0 Å². The lowest BCUT2D eigenvalue weighted by molar-refractivity contribution is 0.438. The molecule has 0 atom stereocenters. The Kier molecular flexibility index (Phi) is 2.92. The number of hydrogen-bond donors (Lipinski definition) is 6. The van der Waals surface area contributed by atoms with Gasteiger partial charge in [0.15, 0.2) is 17.2 Å². The van der Waals surface area contributed by atoms with Crippen molar-refractivity contribution in [1.82, 2.24) is 0 Å². The number of nitrogen functional groups attached to an aromatic ring is 3. The van der Waals surface area contributed by atoms with Gasteiger partial charge in [-0.1, -0.05) is 0 Å². The second-order valence-corrected chi connectivity index (χ2v) is 2.29. The molecule has 0 bridgehead atoms. The van der Waals surface area contributed by atoms with Gasteiger partial charge in [-0.2, -0.15) is 0 Å². The zero-order valence-electron chi connectivity index (χ0n) is 6.48. The minimum atomic E-state index is -0.570. The maximum Gasteiger partial charge on any atom is 0.169 e. The molecule has 13 heavy (non-hydrogen) atoms. The number of rotatable bonds is 0. The van der Waals surface area contributed by atoms with Crippen LogP contribution in [0.25, 0.3) is 0 Å². The van der Waals surface area contributed by atoms with Crippen molar-refractivity contribution >= 4 is 29.5 Å². The van der Waals surface area contributed by atoms with Crippen molar-refractivity contribution < 1.29 is 15.3 Å². The predicted octanol–water partition coefficient (Wildman–Crippen LogP) is -0.0282. The first kappa shape index (κ1) is 11.3. The molecule has 0 saturated heterocycles. The van der Waals surface area contributed by atoms with Crippen LogP contribution in [0.4, 0.5) is 17.1 Å². The average Bonchev–Trinajstić information content (AvgIpc) is 2.08. The molecule has 0 unspecified atom stereocenters. The minimum absolute atomic E-state index is 0. The highest BCUT2D eigenvalue weighted by molar-refractivity contribution is 5.87. The first-order valence-electron chi connectivity index (χ1n) is 3.04. The molecule has 0 saturated carbocycles. The summed E-state index contributed by atoms with van der Waals surface area (Å²) in [6.07, 6.45) is 0. The number of phenolic OH excluding ortho intramolecular Hbond substituents is 3. The first-order valence-corrected chi connectivity index (χ1v) is 3.04. The fraction of sp³-hybridized carbons (Fsp3) is 0. The summed E-state index contributed by atoms with van der Waals surface area (Å²) < 4.78 is 0. The van der Waals surface area contributed by atoms with E-state index in [1.165, 1.54) is 0 Å². The van der Waals surface area contributed by atoms with Crippen LogP contribution in [0.3, 0.4) is 0 Å². The van der Waals surface area contributed by atoms with E-state index in [2.05, 4.69) is 0 Å². The van der Waals surface area contributed by atoms with E-state index in [0.29, 0.717) is 0 Å². The Morgan fingerprint density at radius 3 is 0.923 bits per heavy atom. The zero-order chi connectivity index (χ0) is 9.46. The molecule has 7 heteroatoms. The summed E-state index contributed by atoms with van der Waals surface area (Å²) in [6, 6.07) is 0. The fourth-order valence-corrected chi connectivity index (χ4v) is 0.772. The number of benzene rings is 1. The van der Waals surface area contributed by atoms with E-state index in [1.807, 2.05) is 0 Å². The van der Waals surface area contributed by atoms with Crippen LogP contribution in [0.2, 0.25) is 0 Å². The van der Waals surface area contributed by atoms with Gasteiger partial charge in [0.05, 0.1) is 0 Å². The van der Waals surface area contributed by atoms with Gasteiger partial charge in [0.25, 0.3) is 0 Å². The SMILES string of the molecule is Cl.Nc1c(O)c(N)c(O)c(N)c1O. The molecule has 9 N–H and O–H groups in total. The van der Waals surface area contributed by atoms with Gasteiger partial charge in [-0.25, -0.2) is 0 Å². The lowest BCUT2D eigenvalue weighted by Gasteiger charge is -2.09. The van der Waals surface area contributed by atoms with Crippen molar-refractivity contribution in [2.24, 2.45) is 0 Å². The van der Waals surface area contributed by atoms with Gasteiger partial charge in [0.2, 0.25) is 0 Å². The topological polar surface area (TPSA) is 139 Å². The van der Waals surface area contributed by atoms with E-state index in [0.717, 1.165) is 0 Å². The smallest absolute Gasteiger partial charge is 0.169 e. The van der Waals surface area contributed by atoms with Gasteiger partial charge >= 0.3 is 0 Å². The van der Waals surface area contributed by atoms with Gasteiger partial charge in [-0.05, 0) is 0 Å². The quantitative estimate of drug-likeness (QED) is 0.201. The van der Waals surface area contributed by atoms with Crippen molar-refractivity contribution in [2.75, 3.05) is 17.2 Å². The Hall–Kier alpha value is -1.69. The summed E-state index contributed by atoms with van der Waals surface area (Å²) in [5.41, 5.74) is 14.5.